The van der Waals surface area contributed by atoms with Crippen LogP contribution in [0.25, 0.3) is 0 Å². The molecule has 0 aliphatic heterocycles. The molecule has 172 valence electrons. The fourth-order valence-electron chi connectivity index (χ4n) is 4.10. The summed E-state index contributed by atoms with van der Waals surface area (Å²) >= 11 is 0. The van der Waals surface area contributed by atoms with Crippen LogP contribution in [0.3, 0.4) is 0 Å². The molecule has 0 bridgehead atoms. The highest BCUT2D eigenvalue weighted by Gasteiger charge is 2.05. The summed E-state index contributed by atoms with van der Waals surface area (Å²) in [6.45, 7) is 6.32. The Kier molecular flexibility index (Phi) is 16.8. The molecular weight excluding hydrogens is 384 g/mol. The van der Waals surface area contributed by atoms with Crippen LogP contribution in [0.5, 0.6) is 0 Å². The molecule has 1 aromatic carbocycles. The Balaban J connectivity index is 1.75. The van der Waals surface area contributed by atoms with Crippen LogP contribution in [-0.4, -0.2) is 15.0 Å². The summed E-state index contributed by atoms with van der Waals surface area (Å²) in [7, 11) is -1.19. The first-order valence-corrected chi connectivity index (χ1v) is 15.6. The van der Waals surface area contributed by atoms with E-state index in [2.05, 4.69) is 31.2 Å². The van der Waals surface area contributed by atoms with Gasteiger partial charge in [0.15, 0.2) is 0 Å². The van der Waals surface area contributed by atoms with E-state index in [4.69, 9.17) is 4.43 Å². The van der Waals surface area contributed by atoms with Gasteiger partial charge >= 0.3 is 0 Å². The molecule has 0 saturated carbocycles. The largest absolute Gasteiger partial charge is 0.523 e. The molecule has 0 saturated heterocycles. The van der Waals surface area contributed by atoms with Gasteiger partial charge in [0, 0.05) is 6.42 Å². The standard InChI is InChI=1S/C27H48O2Si/c1-25-21-19-20-23-26(25)22-17-15-13-11-9-7-5-4-6-8-10-12-14-16-18-24-27(28)29-30(2)3/h19-21,23,30H,4-18,22,24H2,1-3H3. The van der Waals surface area contributed by atoms with Crippen molar-refractivity contribution >= 4 is 15.0 Å². The van der Waals surface area contributed by atoms with E-state index in [9.17, 15) is 4.79 Å². The highest BCUT2D eigenvalue weighted by molar-refractivity contribution is 6.50. The Labute approximate surface area is 188 Å². The summed E-state index contributed by atoms with van der Waals surface area (Å²) in [5.41, 5.74) is 2.98. The van der Waals surface area contributed by atoms with Gasteiger partial charge in [0.25, 0.3) is 5.97 Å². The fraction of sp³-hybridized carbons (Fsp3) is 0.741. The number of carbonyl (C=O) groups excluding carboxylic acids is 1. The van der Waals surface area contributed by atoms with Crippen molar-refractivity contribution in [3.8, 4) is 0 Å². The number of hydrogen-bond acceptors (Lipinski definition) is 2. The van der Waals surface area contributed by atoms with Gasteiger partial charge in [0.2, 0.25) is 9.04 Å². The van der Waals surface area contributed by atoms with E-state index in [-0.39, 0.29) is 5.97 Å². The molecule has 2 nitrogen and oxygen atoms in total. The third kappa shape index (κ3) is 15.7. The maximum Gasteiger partial charge on any atom is 0.292 e. The minimum atomic E-state index is -1.19. The number of benzene rings is 1. The molecule has 0 amide bonds. The van der Waals surface area contributed by atoms with Crippen LogP contribution in [0.2, 0.25) is 13.1 Å². The van der Waals surface area contributed by atoms with E-state index in [1.165, 1.54) is 107 Å². The predicted molar refractivity (Wildman–Crippen MR) is 134 cm³/mol. The second-order valence-electron chi connectivity index (χ2n) is 9.27. The van der Waals surface area contributed by atoms with Crippen molar-refractivity contribution in [1.82, 2.24) is 0 Å². The monoisotopic (exact) mass is 432 g/mol. The van der Waals surface area contributed by atoms with Gasteiger partial charge in [-0.2, -0.15) is 0 Å². The molecule has 0 aliphatic rings. The topological polar surface area (TPSA) is 26.3 Å². The van der Waals surface area contributed by atoms with Gasteiger partial charge in [-0.1, -0.05) is 108 Å². The van der Waals surface area contributed by atoms with Gasteiger partial charge in [-0.25, -0.2) is 0 Å². The maximum absolute atomic E-state index is 11.5. The van der Waals surface area contributed by atoms with Crippen molar-refractivity contribution < 1.29 is 9.22 Å². The Hall–Kier alpha value is -1.09. The Bertz CT molecular complexity index is 541. The average molecular weight is 433 g/mol. The van der Waals surface area contributed by atoms with Crippen LogP contribution in [0, 0.1) is 6.92 Å². The third-order valence-corrected chi connectivity index (χ3v) is 6.69. The zero-order valence-electron chi connectivity index (χ0n) is 20.2. The number of carbonyl (C=O) groups is 1. The first-order chi connectivity index (χ1) is 14.6. The molecule has 0 aromatic heterocycles. The normalized spacial score (nSPS) is 11.2. The van der Waals surface area contributed by atoms with Crippen LogP contribution in [-0.2, 0) is 15.6 Å². The van der Waals surface area contributed by atoms with E-state index < -0.39 is 9.04 Å². The summed E-state index contributed by atoms with van der Waals surface area (Å²) in [5, 5.41) is 0. The number of hydrogen-bond donors (Lipinski definition) is 0. The van der Waals surface area contributed by atoms with Gasteiger partial charge in [0.1, 0.15) is 0 Å². The number of aryl methyl sites for hydroxylation is 2. The molecule has 0 radical (unpaired) electrons. The summed E-state index contributed by atoms with van der Waals surface area (Å²) in [5.74, 6) is 0.0268. The fourth-order valence-corrected chi connectivity index (χ4v) is 4.74. The first kappa shape index (κ1) is 26.9. The molecule has 3 heteroatoms. The van der Waals surface area contributed by atoms with Crippen LogP contribution in [0.1, 0.15) is 114 Å². The van der Waals surface area contributed by atoms with Gasteiger partial charge in [-0.15, -0.1) is 0 Å². The van der Waals surface area contributed by atoms with E-state index in [0.717, 1.165) is 6.42 Å². The molecule has 30 heavy (non-hydrogen) atoms. The number of unbranched alkanes of at least 4 members (excludes halogenated alkanes) is 14. The lowest BCUT2D eigenvalue weighted by atomic mass is 10.0. The van der Waals surface area contributed by atoms with Crippen LogP contribution in [0.15, 0.2) is 24.3 Å². The van der Waals surface area contributed by atoms with E-state index in [0.29, 0.717) is 6.42 Å². The Morgan fingerprint density at radius 2 is 1.13 bits per heavy atom. The highest BCUT2D eigenvalue weighted by Crippen LogP contribution is 2.15. The van der Waals surface area contributed by atoms with Crippen molar-refractivity contribution in [1.29, 1.82) is 0 Å². The van der Waals surface area contributed by atoms with Gasteiger partial charge in [0.05, 0.1) is 0 Å². The second kappa shape index (κ2) is 18.7. The summed E-state index contributed by atoms with van der Waals surface area (Å²) in [6, 6.07) is 8.81. The van der Waals surface area contributed by atoms with Crippen LogP contribution < -0.4 is 0 Å². The van der Waals surface area contributed by atoms with E-state index in [1.807, 2.05) is 13.1 Å². The number of rotatable bonds is 19. The van der Waals surface area contributed by atoms with Gasteiger partial charge in [-0.05, 0) is 50.4 Å². The zero-order valence-corrected chi connectivity index (χ0v) is 21.4. The summed E-state index contributed by atoms with van der Waals surface area (Å²) in [6.07, 6.45) is 22.1. The van der Waals surface area contributed by atoms with Gasteiger partial charge < -0.3 is 4.43 Å². The summed E-state index contributed by atoms with van der Waals surface area (Å²) in [4.78, 5) is 11.5. The molecule has 0 fully saturated rings. The predicted octanol–water partition coefficient (Wildman–Crippen LogP) is 8.31. The van der Waals surface area contributed by atoms with Crippen molar-refractivity contribution in [2.45, 2.75) is 129 Å². The molecule has 0 aliphatic carbocycles. The molecule has 0 N–H and O–H groups in total. The molecule has 0 atom stereocenters. The molecule has 0 heterocycles. The highest BCUT2D eigenvalue weighted by atomic mass is 28.3. The zero-order chi connectivity index (χ0) is 21.9. The Morgan fingerprint density at radius 1 is 0.700 bits per heavy atom. The molecule has 1 aromatic rings. The van der Waals surface area contributed by atoms with Crippen LogP contribution in [0.4, 0.5) is 0 Å². The summed E-state index contributed by atoms with van der Waals surface area (Å²) < 4.78 is 5.29. The van der Waals surface area contributed by atoms with Crippen molar-refractivity contribution in [2.75, 3.05) is 0 Å². The van der Waals surface area contributed by atoms with E-state index in [1.54, 1.807) is 0 Å². The molecular formula is C27H48O2Si. The minimum Gasteiger partial charge on any atom is -0.523 e. The van der Waals surface area contributed by atoms with Crippen LogP contribution >= 0.6 is 0 Å². The quantitative estimate of drug-likeness (QED) is 0.162. The molecule has 0 unspecified atom stereocenters. The average Bonchev–Trinajstić information content (AvgIpc) is 2.71. The lowest BCUT2D eigenvalue weighted by Gasteiger charge is -2.07. The minimum absolute atomic E-state index is 0.0268. The SMILES string of the molecule is Cc1ccccc1CCCCCCCCCCCCCCCCCC(=O)O[SiH](C)C. The molecule has 0 spiro atoms. The smallest absolute Gasteiger partial charge is 0.292 e. The first-order valence-electron chi connectivity index (χ1n) is 12.8. The second-order valence-corrected chi connectivity index (χ2v) is 11.6. The third-order valence-electron chi connectivity index (χ3n) is 5.96. The van der Waals surface area contributed by atoms with E-state index >= 15 is 0 Å². The lowest BCUT2D eigenvalue weighted by Crippen LogP contribution is -2.14. The Morgan fingerprint density at radius 3 is 1.60 bits per heavy atom. The van der Waals surface area contributed by atoms with Gasteiger partial charge in [-0.3, -0.25) is 4.79 Å². The maximum atomic E-state index is 11.5. The van der Waals surface area contributed by atoms with Crippen molar-refractivity contribution in [3.63, 3.8) is 0 Å². The van der Waals surface area contributed by atoms with Crippen molar-refractivity contribution in [2.24, 2.45) is 0 Å². The lowest BCUT2D eigenvalue weighted by molar-refractivity contribution is -0.134. The van der Waals surface area contributed by atoms with Crippen molar-refractivity contribution in [3.05, 3.63) is 35.4 Å². The molecule has 1 rings (SSSR count).